The number of likely N-dealkylation sites (N-methyl/N-ethyl adjacent to an activating group) is 1. The van der Waals surface area contributed by atoms with E-state index in [-0.39, 0.29) is 11.6 Å². The Morgan fingerprint density at radius 2 is 1.82 bits per heavy atom. The van der Waals surface area contributed by atoms with Gasteiger partial charge < -0.3 is 10.6 Å². The van der Waals surface area contributed by atoms with Gasteiger partial charge in [-0.2, -0.15) is 0 Å². The Labute approximate surface area is 99.2 Å². The fourth-order valence-electron chi connectivity index (χ4n) is 1.35. The summed E-state index contributed by atoms with van der Waals surface area (Å²) in [7, 11) is 1.58. The number of carbonyl (C=O) groups is 1. The van der Waals surface area contributed by atoms with Gasteiger partial charge in [0.15, 0.2) is 0 Å². The number of rotatable bonds is 3. The molecule has 0 saturated carbocycles. The first-order valence-electron chi connectivity index (χ1n) is 5.05. The van der Waals surface area contributed by atoms with Crippen LogP contribution in [0.4, 0.5) is 11.4 Å². The van der Waals surface area contributed by atoms with Gasteiger partial charge in [0, 0.05) is 24.9 Å². The molecule has 2 N–H and O–H groups in total. The maximum atomic E-state index is 11.9. The molecule has 1 amide bonds. The van der Waals surface area contributed by atoms with E-state index >= 15 is 0 Å². The number of nitro groups is 1. The maximum Gasteiger partial charge on any atom is 0.269 e. The molecule has 0 aromatic heterocycles. The normalized spacial score (nSPS) is 11.1. The number of nitrogens with zero attached hydrogens (tertiary/aromatic N) is 2. The topological polar surface area (TPSA) is 89.5 Å². The zero-order chi connectivity index (χ0) is 13.2. The second-order valence-corrected chi connectivity index (χ2v) is 4.36. The second kappa shape index (κ2) is 4.50. The molecule has 0 atom stereocenters. The Balaban J connectivity index is 2.94. The summed E-state index contributed by atoms with van der Waals surface area (Å²) in [5.74, 6) is -0.258. The number of amides is 1. The van der Waals surface area contributed by atoms with Crippen LogP contribution in [-0.2, 0) is 4.79 Å². The fraction of sp³-hybridized carbons (Fsp3) is 0.364. The Kier molecular flexibility index (Phi) is 3.47. The van der Waals surface area contributed by atoms with Crippen LogP contribution in [0, 0.1) is 10.1 Å². The van der Waals surface area contributed by atoms with Gasteiger partial charge in [-0.1, -0.05) is 0 Å². The zero-order valence-electron chi connectivity index (χ0n) is 10.0. The van der Waals surface area contributed by atoms with Gasteiger partial charge >= 0.3 is 0 Å². The van der Waals surface area contributed by atoms with Crippen LogP contribution in [0.1, 0.15) is 13.8 Å². The van der Waals surface area contributed by atoms with E-state index in [1.807, 2.05) is 0 Å². The van der Waals surface area contributed by atoms with E-state index in [4.69, 9.17) is 5.73 Å². The molecule has 0 heterocycles. The summed E-state index contributed by atoms with van der Waals surface area (Å²) in [5.41, 5.74) is 5.28. The maximum absolute atomic E-state index is 11.9. The van der Waals surface area contributed by atoms with Gasteiger partial charge in [-0.05, 0) is 26.0 Å². The molecule has 0 radical (unpaired) electrons. The predicted molar refractivity (Wildman–Crippen MR) is 64.8 cm³/mol. The minimum atomic E-state index is -0.976. The van der Waals surface area contributed by atoms with Crippen molar-refractivity contribution in [2.45, 2.75) is 19.4 Å². The average Bonchev–Trinajstić information content (AvgIpc) is 2.26. The van der Waals surface area contributed by atoms with Gasteiger partial charge in [-0.15, -0.1) is 0 Å². The van der Waals surface area contributed by atoms with Gasteiger partial charge in [-0.25, -0.2) is 0 Å². The summed E-state index contributed by atoms with van der Waals surface area (Å²) >= 11 is 0. The molecule has 1 aromatic rings. The lowest BCUT2D eigenvalue weighted by molar-refractivity contribution is -0.384. The molecule has 0 saturated heterocycles. The molecule has 0 spiro atoms. The van der Waals surface area contributed by atoms with Crippen LogP contribution >= 0.6 is 0 Å². The SMILES string of the molecule is CN(C(=O)C(C)(C)N)c1ccc([N+](=O)[O-])cc1. The summed E-state index contributed by atoms with van der Waals surface area (Å²) in [6.07, 6.45) is 0. The summed E-state index contributed by atoms with van der Waals surface area (Å²) in [6.45, 7) is 3.22. The molecule has 0 bridgehead atoms. The molecule has 6 nitrogen and oxygen atoms in total. The van der Waals surface area contributed by atoms with E-state index in [1.54, 1.807) is 20.9 Å². The van der Waals surface area contributed by atoms with Crippen LogP contribution < -0.4 is 10.6 Å². The van der Waals surface area contributed by atoms with Gasteiger partial charge in [0.05, 0.1) is 10.5 Å². The van der Waals surface area contributed by atoms with Gasteiger partial charge in [0.1, 0.15) is 0 Å². The van der Waals surface area contributed by atoms with Crippen LogP contribution in [0.3, 0.4) is 0 Å². The largest absolute Gasteiger partial charge is 0.318 e. The lowest BCUT2D eigenvalue weighted by atomic mass is 10.1. The lowest BCUT2D eigenvalue weighted by Crippen LogP contribution is -2.49. The summed E-state index contributed by atoms with van der Waals surface area (Å²) in [6, 6.07) is 5.73. The molecule has 0 aliphatic rings. The predicted octanol–water partition coefficient (Wildman–Crippen LogP) is 1.29. The third kappa shape index (κ3) is 3.01. The molecule has 1 aromatic carbocycles. The quantitative estimate of drug-likeness (QED) is 0.633. The number of non-ortho nitro benzene ring substituents is 1. The number of hydrogen-bond acceptors (Lipinski definition) is 4. The first-order valence-corrected chi connectivity index (χ1v) is 5.05. The number of anilines is 1. The Morgan fingerprint density at radius 3 is 2.18 bits per heavy atom. The highest BCUT2D eigenvalue weighted by molar-refractivity contribution is 5.99. The molecule has 6 heteroatoms. The highest BCUT2D eigenvalue weighted by Gasteiger charge is 2.26. The molecule has 17 heavy (non-hydrogen) atoms. The van der Waals surface area contributed by atoms with E-state index in [0.29, 0.717) is 5.69 Å². The van der Waals surface area contributed by atoms with Crippen molar-refractivity contribution >= 4 is 17.3 Å². The van der Waals surface area contributed by atoms with Crippen molar-refractivity contribution in [2.24, 2.45) is 5.73 Å². The minimum absolute atomic E-state index is 0.0124. The van der Waals surface area contributed by atoms with Crippen molar-refractivity contribution in [2.75, 3.05) is 11.9 Å². The number of hydrogen-bond donors (Lipinski definition) is 1. The number of nitro benzene ring substituents is 1. The van der Waals surface area contributed by atoms with Crippen LogP contribution in [0.25, 0.3) is 0 Å². The highest BCUT2D eigenvalue weighted by Crippen LogP contribution is 2.20. The fourth-order valence-corrected chi connectivity index (χ4v) is 1.35. The summed E-state index contributed by atoms with van der Waals surface area (Å²) < 4.78 is 0. The van der Waals surface area contributed by atoms with Crippen molar-refractivity contribution in [3.8, 4) is 0 Å². The van der Waals surface area contributed by atoms with Crippen LogP contribution in [-0.4, -0.2) is 23.4 Å². The van der Waals surface area contributed by atoms with Crippen molar-refractivity contribution in [3.63, 3.8) is 0 Å². The molecular weight excluding hydrogens is 222 g/mol. The van der Waals surface area contributed by atoms with E-state index in [2.05, 4.69) is 0 Å². The molecule has 0 fully saturated rings. The van der Waals surface area contributed by atoms with E-state index < -0.39 is 10.5 Å². The average molecular weight is 237 g/mol. The number of carbonyl (C=O) groups excluding carboxylic acids is 1. The smallest absolute Gasteiger partial charge is 0.269 e. The Hall–Kier alpha value is -1.95. The highest BCUT2D eigenvalue weighted by atomic mass is 16.6. The van der Waals surface area contributed by atoms with E-state index in [9.17, 15) is 14.9 Å². The lowest BCUT2D eigenvalue weighted by Gasteiger charge is -2.25. The van der Waals surface area contributed by atoms with Crippen LogP contribution in [0.5, 0.6) is 0 Å². The monoisotopic (exact) mass is 237 g/mol. The Morgan fingerprint density at radius 1 is 1.35 bits per heavy atom. The van der Waals surface area contributed by atoms with Gasteiger partial charge in [0.25, 0.3) is 5.69 Å². The molecule has 0 unspecified atom stereocenters. The minimum Gasteiger partial charge on any atom is -0.318 e. The van der Waals surface area contributed by atoms with Crippen molar-refractivity contribution in [1.82, 2.24) is 0 Å². The molecule has 1 rings (SSSR count). The van der Waals surface area contributed by atoms with Crippen molar-refractivity contribution in [1.29, 1.82) is 0 Å². The summed E-state index contributed by atoms with van der Waals surface area (Å²) in [4.78, 5) is 23.2. The number of nitrogens with two attached hydrogens (primary N) is 1. The van der Waals surface area contributed by atoms with E-state index in [0.717, 1.165) is 0 Å². The first-order chi connectivity index (χ1) is 7.73. The van der Waals surface area contributed by atoms with Crippen molar-refractivity contribution < 1.29 is 9.72 Å². The molecule has 92 valence electrons. The first kappa shape index (κ1) is 13.1. The third-order valence-corrected chi connectivity index (χ3v) is 2.30. The van der Waals surface area contributed by atoms with Crippen LogP contribution in [0.2, 0.25) is 0 Å². The molecular formula is C11H15N3O3. The van der Waals surface area contributed by atoms with Gasteiger partial charge in [0.2, 0.25) is 5.91 Å². The standard InChI is InChI=1S/C11H15N3O3/c1-11(2,12)10(15)13(3)8-4-6-9(7-5-8)14(16)17/h4-7H,12H2,1-3H3. The number of benzene rings is 1. The Bertz CT molecular complexity index is 434. The second-order valence-electron chi connectivity index (χ2n) is 4.36. The molecule has 0 aliphatic heterocycles. The molecule has 0 aliphatic carbocycles. The van der Waals surface area contributed by atoms with E-state index in [1.165, 1.54) is 29.2 Å². The summed E-state index contributed by atoms with van der Waals surface area (Å²) in [5, 5.41) is 10.5. The van der Waals surface area contributed by atoms with Gasteiger partial charge in [-0.3, -0.25) is 14.9 Å². The van der Waals surface area contributed by atoms with Crippen LogP contribution in [0.15, 0.2) is 24.3 Å². The third-order valence-electron chi connectivity index (χ3n) is 2.30. The zero-order valence-corrected chi connectivity index (χ0v) is 10.0. The van der Waals surface area contributed by atoms with Crippen molar-refractivity contribution in [3.05, 3.63) is 34.4 Å².